The highest BCUT2D eigenvalue weighted by Crippen LogP contribution is 2.48. The Morgan fingerprint density at radius 1 is 1.08 bits per heavy atom. The van der Waals surface area contributed by atoms with Gasteiger partial charge in [-0.2, -0.15) is 0 Å². The number of benzene rings is 1. The van der Waals surface area contributed by atoms with Gasteiger partial charge in [0.05, 0.1) is 25.6 Å². The molecule has 9 nitrogen and oxygen atoms in total. The molecule has 0 radical (unpaired) electrons. The Balaban J connectivity index is 1.80. The van der Waals surface area contributed by atoms with E-state index in [4.69, 9.17) is 14.2 Å². The Kier molecular flexibility index (Phi) is 7.62. The molecular weight excluding hydrogens is 492 g/mol. The minimum Gasteiger partial charge on any atom is -0.494 e. The van der Waals surface area contributed by atoms with E-state index in [1.807, 2.05) is 13.0 Å². The van der Waals surface area contributed by atoms with Gasteiger partial charge in [0.15, 0.2) is 21.5 Å². The van der Waals surface area contributed by atoms with Gasteiger partial charge in [-0.15, -0.1) is 10.2 Å². The van der Waals surface area contributed by atoms with Gasteiger partial charge < -0.3 is 14.2 Å². The lowest BCUT2D eigenvalue weighted by Gasteiger charge is -2.47. The zero-order chi connectivity index (χ0) is 27.0. The molecule has 1 aromatic carbocycles. The van der Waals surface area contributed by atoms with Crippen molar-refractivity contribution in [2.24, 2.45) is 11.3 Å². The van der Waals surface area contributed by atoms with Crippen molar-refractivity contribution < 1.29 is 22.6 Å². The second kappa shape index (κ2) is 10.4. The number of aromatic nitrogens is 4. The van der Waals surface area contributed by atoms with Crippen LogP contribution in [0.5, 0.6) is 11.5 Å². The van der Waals surface area contributed by atoms with E-state index < -0.39 is 21.2 Å². The maximum Gasteiger partial charge on any atom is 0.170 e. The number of rotatable bonds is 10. The second-order valence-electron chi connectivity index (χ2n) is 10.6. The lowest BCUT2D eigenvalue weighted by Crippen LogP contribution is -2.47. The first-order chi connectivity index (χ1) is 17.5. The molecule has 3 aromatic rings. The highest BCUT2D eigenvalue weighted by molar-refractivity contribution is 7.91. The minimum atomic E-state index is -3.68. The number of pyridine rings is 1. The van der Waals surface area contributed by atoms with Gasteiger partial charge in [-0.05, 0) is 61.8 Å². The smallest absolute Gasteiger partial charge is 0.170 e. The summed E-state index contributed by atoms with van der Waals surface area (Å²) in [6.07, 6.45) is 4.90. The molecular formula is C27H36N4O5S. The SMILES string of the molecule is COc1cccc(OC)c1-n1c(CS(=O)(=O)[C@H](C)[C@@H](OC)C2CC(C)(C)C2)nnc1-c1cncc(C)c1. The molecule has 1 fully saturated rings. The van der Waals surface area contributed by atoms with Crippen LogP contribution in [-0.2, 0) is 20.3 Å². The van der Waals surface area contributed by atoms with Crippen molar-refractivity contribution in [1.29, 1.82) is 0 Å². The first-order valence-corrected chi connectivity index (χ1v) is 14.0. The van der Waals surface area contributed by atoms with Gasteiger partial charge in [-0.25, -0.2) is 8.42 Å². The summed E-state index contributed by atoms with van der Waals surface area (Å²) in [7, 11) is 1.02. The molecule has 2 aromatic heterocycles. The van der Waals surface area contributed by atoms with Crippen LogP contribution in [0.4, 0.5) is 0 Å². The number of methoxy groups -OCH3 is 3. The molecule has 200 valence electrons. The van der Waals surface area contributed by atoms with E-state index in [0.717, 1.165) is 18.4 Å². The van der Waals surface area contributed by atoms with Crippen molar-refractivity contribution in [3.05, 3.63) is 48.0 Å². The number of aryl methyl sites for hydroxylation is 1. The first-order valence-electron chi connectivity index (χ1n) is 12.3. The molecule has 37 heavy (non-hydrogen) atoms. The summed E-state index contributed by atoms with van der Waals surface area (Å²) in [4.78, 5) is 4.30. The van der Waals surface area contributed by atoms with Crippen LogP contribution in [0.25, 0.3) is 17.1 Å². The summed E-state index contributed by atoms with van der Waals surface area (Å²) < 4.78 is 46.3. The fourth-order valence-electron chi connectivity index (χ4n) is 5.44. The average molecular weight is 529 g/mol. The van der Waals surface area contributed by atoms with Gasteiger partial charge >= 0.3 is 0 Å². The maximum absolute atomic E-state index is 13.8. The van der Waals surface area contributed by atoms with E-state index in [0.29, 0.717) is 28.6 Å². The van der Waals surface area contributed by atoms with Crippen LogP contribution in [-0.4, -0.2) is 60.8 Å². The standard InChI is InChI=1S/C27H36N4O5S/c1-17-11-19(15-28-14-17)26-30-29-23(31(26)24-21(34-5)9-8-10-22(24)35-6)16-37(32,33)18(2)25(36-7)20-12-27(3,4)13-20/h8-11,14-15,18,20,25H,12-13,16H2,1-7H3/t18-,25-/m1/s1. The second-order valence-corrected chi connectivity index (χ2v) is 12.9. The molecule has 2 atom stereocenters. The van der Waals surface area contributed by atoms with Crippen molar-refractivity contribution in [3.8, 4) is 28.6 Å². The van der Waals surface area contributed by atoms with Crippen molar-refractivity contribution in [2.75, 3.05) is 21.3 Å². The first kappa shape index (κ1) is 27.1. The third-order valence-corrected chi connectivity index (χ3v) is 9.28. The predicted molar refractivity (Wildman–Crippen MR) is 142 cm³/mol. The van der Waals surface area contributed by atoms with Gasteiger partial charge in [0.1, 0.15) is 22.9 Å². The van der Waals surface area contributed by atoms with Crippen LogP contribution < -0.4 is 9.47 Å². The van der Waals surface area contributed by atoms with E-state index in [-0.39, 0.29) is 22.9 Å². The van der Waals surface area contributed by atoms with Crippen molar-refractivity contribution in [1.82, 2.24) is 19.7 Å². The average Bonchev–Trinajstić information content (AvgIpc) is 3.24. The zero-order valence-electron chi connectivity index (χ0n) is 22.6. The van der Waals surface area contributed by atoms with E-state index in [9.17, 15) is 8.42 Å². The number of ether oxygens (including phenoxy) is 3. The van der Waals surface area contributed by atoms with Crippen molar-refractivity contribution in [3.63, 3.8) is 0 Å². The maximum atomic E-state index is 13.8. The Labute approximate surface area is 219 Å². The number of hydrogen-bond acceptors (Lipinski definition) is 8. The number of nitrogens with zero attached hydrogens (tertiary/aromatic N) is 4. The summed E-state index contributed by atoms with van der Waals surface area (Å²) in [6.45, 7) is 8.05. The molecule has 4 rings (SSSR count). The molecule has 10 heteroatoms. The Hall–Kier alpha value is -2.98. The molecule has 1 aliphatic carbocycles. The molecule has 1 saturated carbocycles. The number of para-hydroxylation sites is 1. The van der Waals surface area contributed by atoms with Gasteiger partial charge in [-0.3, -0.25) is 9.55 Å². The van der Waals surface area contributed by atoms with Crippen LogP contribution in [0.1, 0.15) is 45.0 Å². The lowest BCUT2D eigenvalue weighted by atomic mass is 9.62. The Bertz CT molecular complexity index is 1340. The predicted octanol–water partition coefficient (Wildman–Crippen LogP) is 4.41. The van der Waals surface area contributed by atoms with Gasteiger partial charge in [0, 0.05) is 25.1 Å². The lowest BCUT2D eigenvalue weighted by molar-refractivity contribution is -0.0368. The number of sulfone groups is 1. The summed E-state index contributed by atoms with van der Waals surface area (Å²) in [6, 6.07) is 7.31. The van der Waals surface area contributed by atoms with E-state index in [2.05, 4.69) is 29.0 Å². The van der Waals surface area contributed by atoms with Crippen LogP contribution in [0.3, 0.4) is 0 Å². The molecule has 2 heterocycles. The van der Waals surface area contributed by atoms with Crippen molar-refractivity contribution in [2.45, 2.75) is 57.6 Å². The molecule has 0 amide bonds. The molecule has 0 unspecified atom stereocenters. The Morgan fingerprint density at radius 3 is 2.27 bits per heavy atom. The van der Waals surface area contributed by atoms with E-state index in [1.165, 1.54) is 0 Å². The summed E-state index contributed by atoms with van der Waals surface area (Å²) >= 11 is 0. The number of hydrogen-bond donors (Lipinski definition) is 0. The van der Waals surface area contributed by atoms with Crippen LogP contribution >= 0.6 is 0 Å². The monoisotopic (exact) mass is 528 g/mol. The van der Waals surface area contributed by atoms with Gasteiger partial charge in [0.25, 0.3) is 0 Å². The van der Waals surface area contributed by atoms with E-state index >= 15 is 0 Å². The van der Waals surface area contributed by atoms with Crippen LogP contribution in [0.2, 0.25) is 0 Å². The highest BCUT2D eigenvalue weighted by Gasteiger charge is 2.45. The molecule has 0 spiro atoms. The third-order valence-electron chi connectivity index (χ3n) is 7.21. The van der Waals surface area contributed by atoms with Crippen LogP contribution in [0, 0.1) is 18.3 Å². The zero-order valence-corrected chi connectivity index (χ0v) is 23.4. The minimum absolute atomic E-state index is 0.200. The summed E-state index contributed by atoms with van der Waals surface area (Å²) in [5.74, 6) is 1.58. The highest BCUT2D eigenvalue weighted by atomic mass is 32.2. The topological polar surface area (TPSA) is 105 Å². The largest absolute Gasteiger partial charge is 0.494 e. The molecule has 1 aliphatic rings. The van der Waals surface area contributed by atoms with Gasteiger partial charge in [-0.1, -0.05) is 19.9 Å². The van der Waals surface area contributed by atoms with Crippen LogP contribution in [0.15, 0.2) is 36.7 Å². The fraction of sp³-hybridized carbons (Fsp3) is 0.519. The quantitative estimate of drug-likeness (QED) is 0.381. The third kappa shape index (κ3) is 5.36. The Morgan fingerprint density at radius 2 is 1.73 bits per heavy atom. The molecule has 0 aliphatic heterocycles. The van der Waals surface area contributed by atoms with E-state index in [1.54, 1.807) is 63.4 Å². The van der Waals surface area contributed by atoms with Crippen molar-refractivity contribution >= 4 is 9.84 Å². The molecule has 0 saturated heterocycles. The molecule has 0 bridgehead atoms. The summed E-state index contributed by atoms with van der Waals surface area (Å²) in [5.41, 5.74) is 2.37. The van der Waals surface area contributed by atoms with Gasteiger partial charge in [0.2, 0.25) is 0 Å². The fourth-order valence-corrected chi connectivity index (χ4v) is 6.99. The summed E-state index contributed by atoms with van der Waals surface area (Å²) in [5, 5.41) is 8.05. The molecule has 0 N–H and O–H groups in total. The normalized spacial score (nSPS) is 17.2.